The van der Waals surface area contributed by atoms with Crippen LogP contribution in [0.5, 0.6) is 0 Å². The number of aryl methyl sites for hydroxylation is 1. The second kappa shape index (κ2) is 4.05. The Balaban J connectivity index is 2.61. The van der Waals surface area contributed by atoms with Gasteiger partial charge in [0, 0.05) is 6.26 Å². The number of aliphatic hydroxyl groups excluding tert-OH is 1. The molecular weight excluding hydrogens is 206 g/mol. The molecule has 1 atom stereocenters. The van der Waals surface area contributed by atoms with Crippen LogP contribution in [0.4, 0.5) is 0 Å². The highest BCUT2D eigenvalue weighted by Gasteiger charge is 2.08. The first-order valence-electron chi connectivity index (χ1n) is 4.14. The molecule has 80 valence electrons. The molecular formula is C7H13N3O3S. The minimum Gasteiger partial charge on any atom is -0.387 e. The molecule has 1 unspecified atom stereocenters. The quantitative estimate of drug-likeness (QED) is 0.729. The van der Waals surface area contributed by atoms with Crippen molar-refractivity contribution in [2.75, 3.05) is 12.0 Å². The predicted molar refractivity (Wildman–Crippen MR) is 50.4 cm³/mol. The molecule has 1 rings (SSSR count). The highest BCUT2D eigenvalue weighted by atomic mass is 32.2. The minimum atomic E-state index is -2.98. The summed E-state index contributed by atoms with van der Waals surface area (Å²) < 4.78 is 23.1. The number of hydrogen-bond donors (Lipinski definition) is 1. The van der Waals surface area contributed by atoms with E-state index in [9.17, 15) is 8.42 Å². The Kier molecular flexibility index (Phi) is 3.22. The van der Waals surface area contributed by atoms with Crippen LogP contribution < -0.4 is 0 Å². The standard InChI is InChI=1S/C7H13N3O3S/c1-6(11)7-5-10(9-8-7)3-4-14(2,12)13/h5-6,11H,3-4H2,1-2H3. The van der Waals surface area contributed by atoms with Crippen molar-refractivity contribution >= 4 is 9.84 Å². The Morgan fingerprint density at radius 1 is 1.64 bits per heavy atom. The number of aromatic nitrogens is 3. The van der Waals surface area contributed by atoms with Crippen LogP contribution in [0.1, 0.15) is 18.7 Å². The molecule has 0 aliphatic carbocycles. The second-order valence-corrected chi connectivity index (χ2v) is 5.47. The SMILES string of the molecule is CC(O)c1cn(CCS(C)(=O)=O)nn1. The fourth-order valence-corrected chi connectivity index (χ4v) is 1.39. The third-order valence-corrected chi connectivity index (χ3v) is 2.60. The smallest absolute Gasteiger partial charge is 0.149 e. The first kappa shape index (κ1) is 11.1. The maximum atomic E-state index is 10.8. The Bertz CT molecular complexity index is 396. The summed E-state index contributed by atoms with van der Waals surface area (Å²) in [4.78, 5) is 0. The highest BCUT2D eigenvalue weighted by Crippen LogP contribution is 2.05. The van der Waals surface area contributed by atoms with E-state index >= 15 is 0 Å². The van der Waals surface area contributed by atoms with Crippen LogP contribution in [-0.2, 0) is 16.4 Å². The van der Waals surface area contributed by atoms with Crippen LogP contribution in [0.25, 0.3) is 0 Å². The summed E-state index contributed by atoms with van der Waals surface area (Å²) in [7, 11) is -2.98. The molecule has 0 bridgehead atoms. The fourth-order valence-electron chi connectivity index (χ4n) is 0.873. The number of aliphatic hydroxyl groups is 1. The van der Waals surface area contributed by atoms with E-state index in [0.717, 1.165) is 0 Å². The number of hydrogen-bond acceptors (Lipinski definition) is 5. The molecule has 0 radical (unpaired) electrons. The highest BCUT2D eigenvalue weighted by molar-refractivity contribution is 7.90. The maximum absolute atomic E-state index is 10.8. The van der Waals surface area contributed by atoms with Crippen LogP contribution in [-0.4, -0.2) is 40.5 Å². The van der Waals surface area contributed by atoms with Gasteiger partial charge in [0.25, 0.3) is 0 Å². The molecule has 0 fully saturated rings. The molecule has 1 aromatic heterocycles. The third-order valence-electron chi connectivity index (χ3n) is 1.68. The van der Waals surface area contributed by atoms with Crippen molar-refractivity contribution in [1.29, 1.82) is 0 Å². The largest absolute Gasteiger partial charge is 0.387 e. The van der Waals surface area contributed by atoms with Gasteiger partial charge in [-0.2, -0.15) is 0 Å². The molecule has 1 N–H and O–H groups in total. The number of sulfone groups is 1. The lowest BCUT2D eigenvalue weighted by molar-refractivity contribution is 0.194. The average Bonchev–Trinajstić information content (AvgIpc) is 2.47. The van der Waals surface area contributed by atoms with E-state index in [2.05, 4.69) is 10.3 Å². The van der Waals surface area contributed by atoms with Crippen molar-refractivity contribution in [3.8, 4) is 0 Å². The summed E-state index contributed by atoms with van der Waals surface area (Å²) in [5.41, 5.74) is 0.443. The van der Waals surface area contributed by atoms with Gasteiger partial charge < -0.3 is 5.11 Å². The Morgan fingerprint density at radius 2 is 2.29 bits per heavy atom. The minimum absolute atomic E-state index is 0.0234. The van der Waals surface area contributed by atoms with Gasteiger partial charge >= 0.3 is 0 Å². The van der Waals surface area contributed by atoms with E-state index < -0.39 is 15.9 Å². The van der Waals surface area contributed by atoms with Crippen molar-refractivity contribution in [2.24, 2.45) is 0 Å². The van der Waals surface area contributed by atoms with Gasteiger partial charge in [0.1, 0.15) is 15.5 Å². The monoisotopic (exact) mass is 219 g/mol. The first-order chi connectivity index (χ1) is 6.38. The van der Waals surface area contributed by atoms with Crippen LogP contribution in [0.3, 0.4) is 0 Å². The molecule has 0 aliphatic rings. The lowest BCUT2D eigenvalue weighted by atomic mass is 10.3. The van der Waals surface area contributed by atoms with Gasteiger partial charge in [0.2, 0.25) is 0 Å². The molecule has 0 amide bonds. The molecule has 1 aromatic rings. The fraction of sp³-hybridized carbons (Fsp3) is 0.714. The summed E-state index contributed by atoms with van der Waals surface area (Å²) in [6.07, 6.45) is 2.03. The predicted octanol–water partition coefficient (Wildman–Crippen LogP) is -0.624. The van der Waals surface area contributed by atoms with Crippen molar-refractivity contribution < 1.29 is 13.5 Å². The van der Waals surface area contributed by atoms with Gasteiger partial charge in [0.05, 0.1) is 24.6 Å². The van der Waals surface area contributed by atoms with Gasteiger partial charge in [-0.3, -0.25) is 4.68 Å². The summed E-state index contributed by atoms with van der Waals surface area (Å²) in [5.74, 6) is 0.0234. The molecule has 1 heterocycles. The Hall–Kier alpha value is -0.950. The normalized spacial score (nSPS) is 14.2. The summed E-state index contributed by atoms with van der Waals surface area (Å²) in [5, 5.41) is 16.5. The van der Waals surface area contributed by atoms with Crippen LogP contribution >= 0.6 is 0 Å². The first-order valence-corrected chi connectivity index (χ1v) is 6.20. The summed E-state index contributed by atoms with van der Waals surface area (Å²) in [6.45, 7) is 1.84. The van der Waals surface area contributed by atoms with Crippen LogP contribution in [0, 0.1) is 0 Å². The zero-order chi connectivity index (χ0) is 10.8. The molecule has 0 spiro atoms. The van der Waals surface area contributed by atoms with Crippen molar-refractivity contribution in [3.63, 3.8) is 0 Å². The molecule has 6 nitrogen and oxygen atoms in total. The zero-order valence-corrected chi connectivity index (χ0v) is 8.90. The summed E-state index contributed by atoms with van der Waals surface area (Å²) in [6, 6.07) is 0. The zero-order valence-electron chi connectivity index (χ0n) is 8.08. The van der Waals surface area contributed by atoms with Gasteiger partial charge in [-0.15, -0.1) is 5.10 Å². The molecule has 0 saturated carbocycles. The van der Waals surface area contributed by atoms with Gasteiger partial charge in [-0.25, -0.2) is 8.42 Å². The number of rotatable bonds is 4. The van der Waals surface area contributed by atoms with Crippen molar-refractivity contribution in [2.45, 2.75) is 19.6 Å². The van der Waals surface area contributed by atoms with E-state index in [4.69, 9.17) is 5.11 Å². The van der Waals surface area contributed by atoms with E-state index in [1.165, 1.54) is 17.1 Å². The lowest BCUT2D eigenvalue weighted by Gasteiger charge is -1.98. The van der Waals surface area contributed by atoms with Crippen LogP contribution in [0.15, 0.2) is 6.20 Å². The molecule has 0 aliphatic heterocycles. The molecule has 14 heavy (non-hydrogen) atoms. The van der Waals surface area contributed by atoms with Crippen molar-refractivity contribution in [3.05, 3.63) is 11.9 Å². The third kappa shape index (κ3) is 3.43. The van der Waals surface area contributed by atoms with E-state index in [-0.39, 0.29) is 12.3 Å². The Morgan fingerprint density at radius 3 is 2.71 bits per heavy atom. The second-order valence-electron chi connectivity index (χ2n) is 3.21. The molecule has 7 heteroatoms. The topological polar surface area (TPSA) is 85.1 Å². The Labute approximate surface area is 82.5 Å². The van der Waals surface area contributed by atoms with E-state index in [1.807, 2.05) is 0 Å². The maximum Gasteiger partial charge on any atom is 0.149 e. The van der Waals surface area contributed by atoms with E-state index in [0.29, 0.717) is 5.69 Å². The van der Waals surface area contributed by atoms with Crippen molar-refractivity contribution in [1.82, 2.24) is 15.0 Å². The van der Waals surface area contributed by atoms with Gasteiger partial charge in [-0.1, -0.05) is 5.21 Å². The van der Waals surface area contributed by atoms with Gasteiger partial charge in [0.15, 0.2) is 0 Å². The number of nitrogens with zero attached hydrogens (tertiary/aromatic N) is 3. The van der Waals surface area contributed by atoms with Crippen LogP contribution in [0.2, 0.25) is 0 Å². The summed E-state index contributed by atoms with van der Waals surface area (Å²) >= 11 is 0. The molecule has 0 saturated heterocycles. The lowest BCUT2D eigenvalue weighted by Crippen LogP contribution is -2.11. The average molecular weight is 219 g/mol. The van der Waals surface area contributed by atoms with Gasteiger partial charge in [-0.05, 0) is 6.92 Å². The molecule has 0 aromatic carbocycles. The van der Waals surface area contributed by atoms with E-state index in [1.54, 1.807) is 6.92 Å².